The maximum atomic E-state index is 5.84. The van der Waals surface area contributed by atoms with Crippen LogP contribution in [0, 0.1) is 0 Å². The van der Waals surface area contributed by atoms with Gasteiger partial charge >= 0.3 is 0 Å². The number of halogens is 1. The van der Waals surface area contributed by atoms with Gasteiger partial charge in [0.1, 0.15) is 10.8 Å². The number of unbranched alkanes of at least 4 members (excludes halogenated alkanes) is 4. The van der Waals surface area contributed by atoms with Crippen molar-refractivity contribution >= 4 is 27.3 Å². The monoisotopic (exact) mass is 429 g/mol. The number of hydrogen-bond donors (Lipinski definition) is 0. The quantitative estimate of drug-likeness (QED) is 0.326. The van der Waals surface area contributed by atoms with Crippen molar-refractivity contribution in [2.75, 3.05) is 6.61 Å². The fourth-order valence-electron chi connectivity index (χ4n) is 2.75. The molecule has 0 spiro atoms. The highest BCUT2D eigenvalue weighted by Crippen LogP contribution is 2.30. The Morgan fingerprint density at radius 3 is 2.31 bits per heavy atom. The van der Waals surface area contributed by atoms with Crippen molar-refractivity contribution < 1.29 is 4.74 Å². The molecule has 0 saturated carbocycles. The number of benzene rings is 2. The zero-order chi connectivity index (χ0) is 18.2. The fourth-order valence-corrected chi connectivity index (χ4v) is 3.85. The summed E-state index contributed by atoms with van der Waals surface area (Å²) in [6.45, 7) is 3.04. The van der Waals surface area contributed by atoms with Crippen molar-refractivity contribution in [1.82, 2.24) is 4.98 Å². The van der Waals surface area contributed by atoms with Gasteiger partial charge in [-0.25, -0.2) is 4.98 Å². The molecule has 3 aromatic rings. The lowest BCUT2D eigenvalue weighted by Crippen LogP contribution is -1.97. The molecular weight excluding hydrogens is 406 g/mol. The Morgan fingerprint density at radius 1 is 0.885 bits per heavy atom. The van der Waals surface area contributed by atoms with Gasteiger partial charge in [0.2, 0.25) is 0 Å². The van der Waals surface area contributed by atoms with Crippen LogP contribution in [0.15, 0.2) is 58.4 Å². The van der Waals surface area contributed by atoms with E-state index in [4.69, 9.17) is 9.72 Å². The van der Waals surface area contributed by atoms with Crippen LogP contribution in [-0.2, 0) is 0 Å². The molecule has 0 saturated heterocycles. The van der Waals surface area contributed by atoms with Crippen molar-refractivity contribution in [2.24, 2.45) is 0 Å². The first-order valence-electron chi connectivity index (χ1n) is 9.21. The van der Waals surface area contributed by atoms with Gasteiger partial charge in [0.15, 0.2) is 0 Å². The molecular formula is C22H24BrNOS. The highest BCUT2D eigenvalue weighted by atomic mass is 79.9. The lowest BCUT2D eigenvalue weighted by atomic mass is 10.1. The van der Waals surface area contributed by atoms with Crippen molar-refractivity contribution in [2.45, 2.75) is 39.0 Å². The SMILES string of the molecule is CCCCCCCOc1ccc(-c2csc(-c3ccc(Br)cc3)n2)cc1. The van der Waals surface area contributed by atoms with Crippen LogP contribution in [0.5, 0.6) is 5.75 Å². The molecule has 4 heteroatoms. The Morgan fingerprint density at radius 2 is 1.58 bits per heavy atom. The number of aromatic nitrogens is 1. The summed E-state index contributed by atoms with van der Waals surface area (Å²) in [5.74, 6) is 0.938. The average Bonchev–Trinajstić information content (AvgIpc) is 3.16. The molecule has 26 heavy (non-hydrogen) atoms. The normalized spacial score (nSPS) is 10.8. The second kappa shape index (κ2) is 9.89. The largest absolute Gasteiger partial charge is 0.494 e. The second-order valence-electron chi connectivity index (χ2n) is 6.33. The molecule has 0 radical (unpaired) electrons. The summed E-state index contributed by atoms with van der Waals surface area (Å²) in [5, 5.41) is 3.15. The highest BCUT2D eigenvalue weighted by Gasteiger charge is 2.07. The third kappa shape index (κ3) is 5.42. The first kappa shape index (κ1) is 19.1. The van der Waals surface area contributed by atoms with Gasteiger partial charge in [0.25, 0.3) is 0 Å². The first-order chi connectivity index (χ1) is 12.8. The number of hydrogen-bond acceptors (Lipinski definition) is 3. The zero-order valence-electron chi connectivity index (χ0n) is 15.1. The Balaban J connectivity index is 1.56. The Labute approximate surface area is 168 Å². The summed E-state index contributed by atoms with van der Waals surface area (Å²) >= 11 is 5.14. The molecule has 0 atom stereocenters. The minimum atomic E-state index is 0.799. The Bertz CT molecular complexity index is 796. The van der Waals surface area contributed by atoms with E-state index in [0.29, 0.717) is 0 Å². The lowest BCUT2D eigenvalue weighted by Gasteiger charge is -2.06. The van der Waals surface area contributed by atoms with Crippen LogP contribution in [0.1, 0.15) is 39.0 Å². The number of rotatable bonds is 9. The number of thiazole rings is 1. The van der Waals surface area contributed by atoms with Gasteiger partial charge in [-0.15, -0.1) is 11.3 Å². The van der Waals surface area contributed by atoms with E-state index >= 15 is 0 Å². The van der Waals surface area contributed by atoms with E-state index < -0.39 is 0 Å². The van der Waals surface area contributed by atoms with Crippen molar-refractivity contribution in [3.63, 3.8) is 0 Å². The van der Waals surface area contributed by atoms with E-state index in [2.05, 4.69) is 52.5 Å². The predicted octanol–water partition coefficient (Wildman–Crippen LogP) is 7.59. The molecule has 0 aliphatic rings. The second-order valence-corrected chi connectivity index (χ2v) is 8.11. The Hall–Kier alpha value is -1.65. The van der Waals surface area contributed by atoms with Gasteiger partial charge in [-0.3, -0.25) is 0 Å². The molecule has 2 nitrogen and oxygen atoms in total. The van der Waals surface area contributed by atoms with E-state index in [1.54, 1.807) is 11.3 Å². The lowest BCUT2D eigenvalue weighted by molar-refractivity contribution is 0.304. The first-order valence-corrected chi connectivity index (χ1v) is 10.9. The van der Waals surface area contributed by atoms with Crippen molar-refractivity contribution in [3.05, 3.63) is 58.4 Å². The van der Waals surface area contributed by atoms with E-state index in [1.807, 2.05) is 24.3 Å². The van der Waals surface area contributed by atoms with Gasteiger partial charge in [-0.1, -0.05) is 60.7 Å². The molecule has 0 N–H and O–H groups in total. The molecule has 1 heterocycles. The fraction of sp³-hybridized carbons (Fsp3) is 0.318. The van der Waals surface area contributed by atoms with E-state index in [1.165, 1.54) is 25.7 Å². The number of nitrogens with zero attached hydrogens (tertiary/aromatic N) is 1. The summed E-state index contributed by atoms with van der Waals surface area (Å²) < 4.78 is 6.92. The molecule has 2 aromatic carbocycles. The minimum Gasteiger partial charge on any atom is -0.494 e. The number of ether oxygens (including phenoxy) is 1. The molecule has 0 aliphatic carbocycles. The summed E-state index contributed by atoms with van der Waals surface area (Å²) in [6, 6.07) is 16.5. The van der Waals surface area contributed by atoms with Crippen LogP contribution in [0.4, 0.5) is 0 Å². The molecule has 0 unspecified atom stereocenters. The molecule has 0 aliphatic heterocycles. The van der Waals surface area contributed by atoms with Gasteiger partial charge in [-0.2, -0.15) is 0 Å². The molecule has 136 valence electrons. The van der Waals surface area contributed by atoms with Gasteiger partial charge in [0.05, 0.1) is 12.3 Å². The van der Waals surface area contributed by atoms with E-state index in [-0.39, 0.29) is 0 Å². The predicted molar refractivity (Wildman–Crippen MR) is 115 cm³/mol. The van der Waals surface area contributed by atoms with Crippen LogP contribution in [0.3, 0.4) is 0 Å². The molecule has 1 aromatic heterocycles. The summed E-state index contributed by atoms with van der Waals surface area (Å²) in [4.78, 5) is 4.78. The molecule has 0 fully saturated rings. The smallest absolute Gasteiger partial charge is 0.124 e. The van der Waals surface area contributed by atoms with E-state index in [0.717, 1.165) is 45.1 Å². The topological polar surface area (TPSA) is 22.1 Å². The molecule has 3 rings (SSSR count). The van der Waals surface area contributed by atoms with Crippen LogP contribution in [0.2, 0.25) is 0 Å². The summed E-state index contributed by atoms with van der Waals surface area (Å²) in [5.41, 5.74) is 3.28. The van der Waals surface area contributed by atoms with E-state index in [9.17, 15) is 0 Å². The van der Waals surface area contributed by atoms with Crippen LogP contribution in [0.25, 0.3) is 21.8 Å². The average molecular weight is 430 g/mol. The van der Waals surface area contributed by atoms with Crippen molar-refractivity contribution in [1.29, 1.82) is 0 Å². The standard InChI is InChI=1S/C22H24BrNOS/c1-2-3-4-5-6-15-25-20-13-9-17(10-14-20)21-16-26-22(24-21)18-7-11-19(23)12-8-18/h7-14,16H,2-6,15H2,1H3. The third-order valence-electron chi connectivity index (χ3n) is 4.26. The van der Waals surface area contributed by atoms with Gasteiger partial charge in [0, 0.05) is 21.0 Å². The van der Waals surface area contributed by atoms with Gasteiger partial charge < -0.3 is 4.74 Å². The van der Waals surface area contributed by atoms with Crippen LogP contribution < -0.4 is 4.74 Å². The maximum absolute atomic E-state index is 5.84. The zero-order valence-corrected chi connectivity index (χ0v) is 17.5. The maximum Gasteiger partial charge on any atom is 0.124 e. The molecule has 0 bridgehead atoms. The minimum absolute atomic E-state index is 0.799. The summed E-state index contributed by atoms with van der Waals surface area (Å²) in [6.07, 6.45) is 6.30. The highest BCUT2D eigenvalue weighted by molar-refractivity contribution is 9.10. The Kier molecular flexibility index (Phi) is 7.27. The van der Waals surface area contributed by atoms with Crippen LogP contribution >= 0.6 is 27.3 Å². The van der Waals surface area contributed by atoms with Crippen LogP contribution in [-0.4, -0.2) is 11.6 Å². The molecule has 0 amide bonds. The van der Waals surface area contributed by atoms with Gasteiger partial charge in [-0.05, 0) is 42.8 Å². The van der Waals surface area contributed by atoms with Crippen molar-refractivity contribution in [3.8, 4) is 27.6 Å². The third-order valence-corrected chi connectivity index (χ3v) is 5.68. The summed E-state index contributed by atoms with van der Waals surface area (Å²) in [7, 11) is 0.